The fraction of sp³-hybridized carbons (Fsp3) is 0.0588. The summed E-state index contributed by atoms with van der Waals surface area (Å²) in [5, 5.41) is 22.0. The maximum atomic E-state index is 10.8. The van der Waals surface area contributed by atoms with Crippen LogP contribution in [0.1, 0.15) is 45.0 Å². The summed E-state index contributed by atoms with van der Waals surface area (Å²) >= 11 is 0. The third-order valence-electron chi connectivity index (χ3n) is 7.80. The van der Waals surface area contributed by atoms with E-state index in [4.69, 9.17) is 0 Å². The number of aromatic hydroxyl groups is 2. The summed E-state index contributed by atoms with van der Waals surface area (Å²) in [6.07, 6.45) is 0. The first-order chi connectivity index (χ1) is 18.2. The van der Waals surface area contributed by atoms with Crippen LogP contribution in [0.4, 0.5) is 0 Å². The number of aromatic nitrogens is 1. The molecule has 0 bridgehead atoms. The number of aromatic amines is 1. The van der Waals surface area contributed by atoms with Crippen LogP contribution >= 0.6 is 0 Å². The molecular weight excluding hydrogens is 454 g/mol. The number of para-hydroxylation sites is 1. The molecule has 3 nitrogen and oxygen atoms in total. The van der Waals surface area contributed by atoms with Gasteiger partial charge < -0.3 is 15.2 Å². The summed E-state index contributed by atoms with van der Waals surface area (Å²) < 4.78 is 0. The molecule has 1 unspecified atom stereocenters. The Morgan fingerprint density at radius 1 is 0.595 bits per heavy atom. The van der Waals surface area contributed by atoms with E-state index in [1.54, 1.807) is 18.2 Å². The highest BCUT2D eigenvalue weighted by molar-refractivity contribution is 5.90. The Morgan fingerprint density at radius 3 is 1.86 bits per heavy atom. The molecule has 3 N–H and O–H groups in total. The SMILES string of the molecule is Oc1ccc(C2c3cc(O)ccc3C(c3ccccc3)(c3ccccc3)c3[nH]c4ccccc4c32)cc1. The lowest BCUT2D eigenvalue weighted by molar-refractivity contribution is 0.472. The lowest BCUT2D eigenvalue weighted by Gasteiger charge is -2.43. The maximum absolute atomic E-state index is 10.8. The number of H-pyrrole nitrogens is 1. The molecule has 7 rings (SSSR count). The van der Waals surface area contributed by atoms with Gasteiger partial charge in [0.25, 0.3) is 0 Å². The van der Waals surface area contributed by atoms with Crippen molar-refractivity contribution in [3.63, 3.8) is 0 Å². The first kappa shape index (κ1) is 21.5. The Balaban J connectivity index is 1.70. The van der Waals surface area contributed by atoms with Gasteiger partial charge in [0, 0.05) is 22.5 Å². The van der Waals surface area contributed by atoms with Crippen LogP contribution in [0.15, 0.2) is 127 Å². The zero-order valence-electron chi connectivity index (χ0n) is 20.1. The molecule has 1 aromatic heterocycles. The van der Waals surface area contributed by atoms with E-state index in [-0.39, 0.29) is 17.4 Å². The van der Waals surface area contributed by atoms with Crippen LogP contribution < -0.4 is 0 Å². The predicted octanol–water partition coefficient (Wildman–Crippen LogP) is 7.46. The molecule has 0 aliphatic heterocycles. The molecule has 1 aliphatic rings. The van der Waals surface area contributed by atoms with Gasteiger partial charge in [0.2, 0.25) is 0 Å². The highest BCUT2D eigenvalue weighted by Gasteiger charge is 2.48. The van der Waals surface area contributed by atoms with Gasteiger partial charge in [0.15, 0.2) is 0 Å². The van der Waals surface area contributed by atoms with Gasteiger partial charge in [-0.3, -0.25) is 0 Å². The van der Waals surface area contributed by atoms with Crippen molar-refractivity contribution >= 4 is 10.9 Å². The maximum Gasteiger partial charge on any atom is 0.115 e. The Labute approximate surface area is 215 Å². The van der Waals surface area contributed by atoms with Crippen molar-refractivity contribution in [1.29, 1.82) is 0 Å². The van der Waals surface area contributed by atoms with E-state index in [2.05, 4.69) is 83.8 Å². The molecule has 0 saturated heterocycles. The summed E-state index contributed by atoms with van der Waals surface area (Å²) in [4.78, 5) is 3.86. The second-order valence-corrected chi connectivity index (χ2v) is 9.74. The fourth-order valence-corrected chi connectivity index (χ4v) is 6.34. The van der Waals surface area contributed by atoms with Crippen molar-refractivity contribution in [2.75, 3.05) is 0 Å². The highest BCUT2D eigenvalue weighted by atomic mass is 16.3. The largest absolute Gasteiger partial charge is 0.508 e. The molecule has 0 saturated carbocycles. The smallest absolute Gasteiger partial charge is 0.115 e. The number of fused-ring (bicyclic) bond motifs is 4. The second-order valence-electron chi connectivity index (χ2n) is 9.74. The number of phenolic OH excluding ortho intramolecular Hbond substituents is 2. The van der Waals surface area contributed by atoms with Crippen LogP contribution in [0.2, 0.25) is 0 Å². The predicted molar refractivity (Wildman–Crippen MR) is 147 cm³/mol. The zero-order chi connectivity index (χ0) is 25.0. The Bertz CT molecular complexity index is 1700. The topological polar surface area (TPSA) is 56.2 Å². The molecule has 3 heteroatoms. The van der Waals surface area contributed by atoms with Gasteiger partial charge >= 0.3 is 0 Å². The van der Waals surface area contributed by atoms with Gasteiger partial charge in [-0.25, -0.2) is 0 Å². The Morgan fingerprint density at radius 2 is 1.19 bits per heavy atom. The highest BCUT2D eigenvalue weighted by Crippen LogP contribution is 2.57. The van der Waals surface area contributed by atoms with Crippen LogP contribution in [0.25, 0.3) is 10.9 Å². The molecule has 0 radical (unpaired) electrons. The zero-order valence-corrected chi connectivity index (χ0v) is 20.1. The van der Waals surface area contributed by atoms with E-state index in [1.807, 2.05) is 30.3 Å². The van der Waals surface area contributed by atoms with Crippen molar-refractivity contribution in [2.24, 2.45) is 0 Å². The lowest BCUT2D eigenvalue weighted by atomic mass is 9.59. The molecule has 178 valence electrons. The fourth-order valence-electron chi connectivity index (χ4n) is 6.34. The number of hydrogen-bond donors (Lipinski definition) is 3. The normalized spacial score (nSPS) is 15.7. The molecule has 1 heterocycles. The monoisotopic (exact) mass is 479 g/mol. The van der Waals surface area contributed by atoms with Gasteiger partial charge in [-0.1, -0.05) is 97.1 Å². The van der Waals surface area contributed by atoms with Crippen LogP contribution in [-0.4, -0.2) is 15.2 Å². The van der Waals surface area contributed by atoms with Gasteiger partial charge in [0.1, 0.15) is 11.5 Å². The van der Waals surface area contributed by atoms with Crippen LogP contribution in [0, 0.1) is 0 Å². The van der Waals surface area contributed by atoms with E-state index in [1.165, 1.54) is 5.56 Å². The average molecular weight is 480 g/mol. The summed E-state index contributed by atoms with van der Waals surface area (Å²) in [7, 11) is 0. The molecule has 5 aromatic carbocycles. The molecule has 0 spiro atoms. The van der Waals surface area contributed by atoms with E-state index < -0.39 is 5.41 Å². The lowest BCUT2D eigenvalue weighted by Crippen LogP contribution is -2.37. The number of nitrogens with one attached hydrogen (secondary N) is 1. The first-order valence-electron chi connectivity index (χ1n) is 12.5. The molecule has 6 aromatic rings. The van der Waals surface area contributed by atoms with Gasteiger partial charge in [-0.05, 0) is 63.7 Å². The standard InChI is InChI=1S/C34H25NO2/c36-25-17-15-22(16-18-25)31-28-21-26(37)19-20-29(28)34(23-9-3-1-4-10-23,24-11-5-2-6-12-24)33-32(31)27-13-7-8-14-30(27)35-33/h1-21,31,35-37H. The van der Waals surface area contributed by atoms with Crippen LogP contribution in [-0.2, 0) is 5.41 Å². The van der Waals surface area contributed by atoms with Crippen LogP contribution in [0.5, 0.6) is 11.5 Å². The third-order valence-corrected chi connectivity index (χ3v) is 7.80. The van der Waals surface area contributed by atoms with Gasteiger partial charge in [0.05, 0.1) is 5.41 Å². The molecule has 0 fully saturated rings. The number of hydrogen-bond acceptors (Lipinski definition) is 2. The third kappa shape index (κ3) is 3.07. The van der Waals surface area contributed by atoms with Gasteiger partial charge in [-0.15, -0.1) is 0 Å². The molecule has 1 aliphatic carbocycles. The second kappa shape index (κ2) is 8.14. The number of phenols is 2. The van der Waals surface area contributed by atoms with E-state index >= 15 is 0 Å². The van der Waals surface area contributed by atoms with Crippen LogP contribution in [0.3, 0.4) is 0 Å². The van der Waals surface area contributed by atoms with E-state index in [0.29, 0.717) is 0 Å². The van der Waals surface area contributed by atoms with Crippen molar-refractivity contribution in [2.45, 2.75) is 11.3 Å². The summed E-state index contributed by atoms with van der Waals surface area (Å²) in [6.45, 7) is 0. The number of benzene rings is 5. The minimum atomic E-state index is -0.618. The molecular formula is C34H25NO2. The summed E-state index contributed by atoms with van der Waals surface area (Å²) in [5.41, 5.74) is 8.32. The quantitative estimate of drug-likeness (QED) is 0.246. The molecule has 1 atom stereocenters. The van der Waals surface area contributed by atoms with E-state index in [9.17, 15) is 10.2 Å². The molecule has 37 heavy (non-hydrogen) atoms. The summed E-state index contributed by atoms with van der Waals surface area (Å²) in [5.74, 6) is 0.341. The minimum Gasteiger partial charge on any atom is -0.508 e. The van der Waals surface area contributed by atoms with Gasteiger partial charge in [-0.2, -0.15) is 0 Å². The number of rotatable bonds is 3. The Kier molecular flexibility index (Phi) is 4.73. The summed E-state index contributed by atoms with van der Waals surface area (Å²) in [6, 6.07) is 42.9. The Hall–Kier alpha value is -4.76. The van der Waals surface area contributed by atoms with Crippen molar-refractivity contribution < 1.29 is 10.2 Å². The van der Waals surface area contributed by atoms with E-state index in [0.717, 1.165) is 44.4 Å². The molecule has 0 amide bonds. The average Bonchev–Trinajstić information content (AvgIpc) is 3.33. The first-order valence-corrected chi connectivity index (χ1v) is 12.5. The van der Waals surface area contributed by atoms with Crippen molar-refractivity contribution in [1.82, 2.24) is 4.98 Å². The minimum absolute atomic E-state index is 0.130. The van der Waals surface area contributed by atoms with Crippen molar-refractivity contribution in [3.05, 3.63) is 166 Å². The van der Waals surface area contributed by atoms with Crippen molar-refractivity contribution in [3.8, 4) is 11.5 Å².